The van der Waals surface area contributed by atoms with Crippen molar-refractivity contribution < 1.29 is 9.47 Å². The summed E-state index contributed by atoms with van der Waals surface area (Å²) in [7, 11) is 3.30. The molecule has 1 aromatic carbocycles. The second kappa shape index (κ2) is 6.24. The largest absolute Gasteiger partial charge is 0.501 e. The number of allylic oxidation sites excluding steroid dienone is 3. The zero-order valence-electron chi connectivity index (χ0n) is 14.5. The molecule has 3 N–H and O–H groups in total. The number of fused-ring (bicyclic) bond motifs is 1. The van der Waals surface area contributed by atoms with Crippen molar-refractivity contribution in [3.63, 3.8) is 0 Å². The van der Waals surface area contributed by atoms with Crippen LogP contribution in [0.4, 0.5) is 0 Å². The van der Waals surface area contributed by atoms with E-state index in [1.807, 2.05) is 32.9 Å². The number of aromatic amines is 1. The number of ether oxygens (including phenoxy) is 2. The van der Waals surface area contributed by atoms with Gasteiger partial charge in [-0.25, -0.2) is 0 Å². The number of nitrogens with one attached hydrogen (secondary N) is 1. The zero-order valence-corrected chi connectivity index (χ0v) is 14.5. The first-order valence-electron chi connectivity index (χ1n) is 7.38. The molecule has 0 aliphatic carbocycles. The summed E-state index contributed by atoms with van der Waals surface area (Å²) in [6.45, 7) is 13.8. The Morgan fingerprint density at radius 1 is 1.17 bits per heavy atom. The molecular weight excluding hydrogens is 288 g/mol. The summed E-state index contributed by atoms with van der Waals surface area (Å²) in [5.74, 6) is 1.54. The average molecular weight is 312 g/mol. The van der Waals surface area contributed by atoms with E-state index in [4.69, 9.17) is 15.2 Å². The smallest absolute Gasteiger partial charge is 0.127 e. The number of methoxy groups -OCH3 is 2. The summed E-state index contributed by atoms with van der Waals surface area (Å²) in [5, 5.41) is 0.992. The molecular formula is C19H24N2O2. The Morgan fingerprint density at radius 3 is 2.30 bits per heavy atom. The Bertz CT molecular complexity index is 825. The lowest BCUT2D eigenvalue weighted by Gasteiger charge is -2.16. The summed E-state index contributed by atoms with van der Waals surface area (Å²) >= 11 is 0. The summed E-state index contributed by atoms with van der Waals surface area (Å²) < 4.78 is 11.0. The van der Waals surface area contributed by atoms with Crippen LogP contribution in [-0.2, 0) is 4.74 Å². The minimum Gasteiger partial charge on any atom is -0.501 e. The number of rotatable bonds is 5. The Kier molecular flexibility index (Phi) is 4.55. The van der Waals surface area contributed by atoms with Gasteiger partial charge in [0.2, 0.25) is 0 Å². The maximum atomic E-state index is 5.93. The Hall–Kier alpha value is -2.62. The van der Waals surface area contributed by atoms with Crippen LogP contribution in [0.3, 0.4) is 0 Å². The van der Waals surface area contributed by atoms with Crippen molar-refractivity contribution in [3.05, 3.63) is 53.4 Å². The van der Waals surface area contributed by atoms with E-state index in [1.54, 1.807) is 14.2 Å². The topological polar surface area (TPSA) is 60.3 Å². The molecule has 2 rings (SSSR count). The van der Waals surface area contributed by atoms with Gasteiger partial charge in [-0.3, -0.25) is 0 Å². The van der Waals surface area contributed by atoms with Crippen LogP contribution in [0.25, 0.3) is 22.2 Å². The van der Waals surface area contributed by atoms with Crippen molar-refractivity contribution in [1.82, 2.24) is 4.98 Å². The molecule has 0 unspecified atom stereocenters. The van der Waals surface area contributed by atoms with E-state index >= 15 is 0 Å². The number of hydrogen-bond acceptors (Lipinski definition) is 3. The zero-order chi connectivity index (χ0) is 17.3. The lowest BCUT2D eigenvalue weighted by Crippen LogP contribution is -1.98. The molecule has 0 aliphatic heterocycles. The van der Waals surface area contributed by atoms with Crippen molar-refractivity contribution in [1.29, 1.82) is 0 Å². The number of aromatic nitrogens is 1. The molecule has 122 valence electrons. The third-order valence-corrected chi connectivity index (χ3v) is 3.98. The van der Waals surface area contributed by atoms with Gasteiger partial charge >= 0.3 is 0 Å². The standard InChI is InChI=1S/C19H24N2O2/c1-10(2)18(13(5)22-6)15-8-16-14(9-17(15)23-7)19(11(3)20)12(4)21-16/h8-9,21H,1,3,20H2,2,4-7H3/b18-13+. The van der Waals surface area contributed by atoms with Gasteiger partial charge in [-0.2, -0.15) is 0 Å². The fourth-order valence-electron chi connectivity index (χ4n) is 2.96. The molecule has 0 saturated heterocycles. The van der Waals surface area contributed by atoms with E-state index in [2.05, 4.69) is 18.1 Å². The van der Waals surface area contributed by atoms with Gasteiger partial charge in [-0.15, -0.1) is 0 Å². The number of benzene rings is 1. The number of nitrogens with two attached hydrogens (primary N) is 1. The maximum Gasteiger partial charge on any atom is 0.127 e. The summed E-state index contributed by atoms with van der Waals surface area (Å²) in [5.41, 5.74) is 12.1. The van der Waals surface area contributed by atoms with Crippen LogP contribution in [-0.4, -0.2) is 19.2 Å². The molecule has 1 aromatic heterocycles. The first-order chi connectivity index (χ1) is 10.8. The Morgan fingerprint density at radius 2 is 1.83 bits per heavy atom. The minimum atomic E-state index is 0.535. The SMILES string of the molecule is C=C(C)/C(=C(/C)OC)c1cc2[nH]c(C)c(C(=C)N)c2cc1OC. The van der Waals surface area contributed by atoms with Crippen molar-refractivity contribution in [3.8, 4) is 5.75 Å². The van der Waals surface area contributed by atoms with Gasteiger partial charge in [0.25, 0.3) is 0 Å². The van der Waals surface area contributed by atoms with Crippen LogP contribution in [0.15, 0.2) is 36.6 Å². The molecule has 0 spiro atoms. The van der Waals surface area contributed by atoms with E-state index in [0.717, 1.165) is 50.4 Å². The second-order valence-electron chi connectivity index (χ2n) is 5.66. The molecule has 23 heavy (non-hydrogen) atoms. The number of aryl methyl sites for hydroxylation is 1. The van der Waals surface area contributed by atoms with E-state index in [1.165, 1.54) is 0 Å². The maximum absolute atomic E-state index is 5.93. The van der Waals surface area contributed by atoms with E-state index in [-0.39, 0.29) is 0 Å². The normalized spacial score (nSPS) is 12.0. The molecule has 0 aliphatic rings. The lowest BCUT2D eigenvalue weighted by atomic mass is 9.96. The number of hydrogen-bond donors (Lipinski definition) is 2. The van der Waals surface area contributed by atoms with Crippen LogP contribution in [0, 0.1) is 6.92 Å². The molecule has 1 heterocycles. The highest BCUT2D eigenvalue weighted by Crippen LogP contribution is 2.38. The molecule has 0 amide bonds. The van der Waals surface area contributed by atoms with Crippen molar-refractivity contribution in [2.24, 2.45) is 5.73 Å². The van der Waals surface area contributed by atoms with Gasteiger partial charge in [-0.05, 0) is 38.5 Å². The molecule has 0 radical (unpaired) electrons. The third-order valence-electron chi connectivity index (χ3n) is 3.98. The first-order valence-corrected chi connectivity index (χ1v) is 7.38. The first kappa shape index (κ1) is 16.7. The summed E-state index contributed by atoms with van der Waals surface area (Å²) in [6.07, 6.45) is 0. The summed E-state index contributed by atoms with van der Waals surface area (Å²) in [6, 6.07) is 4.02. The predicted octanol–water partition coefficient (Wildman–Crippen LogP) is 4.37. The Labute approximate surface area is 137 Å². The fraction of sp³-hybridized carbons (Fsp3) is 0.263. The number of H-pyrrole nitrogens is 1. The van der Waals surface area contributed by atoms with E-state index in [9.17, 15) is 0 Å². The molecule has 0 atom stereocenters. The van der Waals surface area contributed by atoms with Crippen LogP contribution < -0.4 is 10.5 Å². The molecule has 0 fully saturated rings. The average Bonchev–Trinajstić information content (AvgIpc) is 2.80. The fourth-order valence-corrected chi connectivity index (χ4v) is 2.96. The molecule has 0 saturated carbocycles. The van der Waals surface area contributed by atoms with E-state index < -0.39 is 0 Å². The van der Waals surface area contributed by atoms with Gasteiger partial charge in [0.15, 0.2) is 0 Å². The molecule has 4 heteroatoms. The minimum absolute atomic E-state index is 0.535. The van der Waals surface area contributed by atoms with Crippen LogP contribution in [0.1, 0.15) is 30.7 Å². The third kappa shape index (κ3) is 2.84. The van der Waals surface area contributed by atoms with Crippen LogP contribution >= 0.6 is 0 Å². The van der Waals surface area contributed by atoms with Crippen molar-refractivity contribution >= 4 is 22.2 Å². The van der Waals surface area contributed by atoms with Gasteiger partial charge in [-0.1, -0.05) is 13.2 Å². The van der Waals surface area contributed by atoms with Crippen LogP contribution in [0.5, 0.6) is 5.75 Å². The van der Waals surface area contributed by atoms with Gasteiger partial charge in [0.05, 0.1) is 14.2 Å². The summed E-state index contributed by atoms with van der Waals surface area (Å²) in [4.78, 5) is 3.36. The molecule has 2 aromatic rings. The van der Waals surface area contributed by atoms with Crippen molar-refractivity contribution in [2.45, 2.75) is 20.8 Å². The van der Waals surface area contributed by atoms with Crippen LogP contribution in [0.2, 0.25) is 0 Å². The monoisotopic (exact) mass is 312 g/mol. The lowest BCUT2D eigenvalue weighted by molar-refractivity contribution is 0.295. The van der Waals surface area contributed by atoms with Gasteiger partial charge in [0, 0.05) is 39.0 Å². The predicted molar refractivity (Wildman–Crippen MR) is 97.2 cm³/mol. The Balaban J connectivity index is 2.86. The van der Waals surface area contributed by atoms with E-state index in [0.29, 0.717) is 5.70 Å². The highest BCUT2D eigenvalue weighted by Gasteiger charge is 2.18. The highest BCUT2D eigenvalue weighted by molar-refractivity contribution is 5.97. The van der Waals surface area contributed by atoms with Crippen molar-refractivity contribution in [2.75, 3.05) is 14.2 Å². The quantitative estimate of drug-likeness (QED) is 0.636. The van der Waals surface area contributed by atoms with Gasteiger partial charge < -0.3 is 20.2 Å². The molecule has 0 bridgehead atoms. The van der Waals surface area contributed by atoms with Gasteiger partial charge in [0.1, 0.15) is 11.5 Å². The molecule has 4 nitrogen and oxygen atoms in total. The highest BCUT2D eigenvalue weighted by atomic mass is 16.5. The second-order valence-corrected chi connectivity index (χ2v) is 5.66.